The third kappa shape index (κ3) is 6.72. The maximum atomic E-state index is 8.30. The molecular weight excluding hydrogens is 139 g/mol. The molecule has 0 heterocycles. The zero-order chi connectivity index (χ0) is 6.24. The molecule has 0 atom stereocenters. The van der Waals surface area contributed by atoms with Gasteiger partial charge in [0.15, 0.2) is 0 Å². The Morgan fingerprint density at radius 2 is 1.88 bits per heavy atom. The van der Waals surface area contributed by atoms with Gasteiger partial charge in [0.25, 0.3) is 0 Å². The van der Waals surface area contributed by atoms with Crippen molar-refractivity contribution in [2.45, 2.75) is 6.32 Å². The van der Waals surface area contributed by atoms with Gasteiger partial charge in [0.2, 0.25) is 0 Å². The summed E-state index contributed by atoms with van der Waals surface area (Å²) in [6.45, 7) is 0.266. The van der Waals surface area contributed by atoms with Crippen molar-refractivity contribution in [3.05, 3.63) is 0 Å². The van der Waals surface area contributed by atoms with Crippen LogP contribution < -0.4 is 0 Å². The second-order valence-electron chi connectivity index (χ2n) is 1.16. The normalized spacial score (nSPS) is 9.62. The Morgan fingerprint density at radius 1 is 1.25 bits per heavy atom. The smallest absolute Gasteiger partial charge is 0.0664 e. The molecule has 0 saturated carbocycles. The summed E-state index contributed by atoms with van der Waals surface area (Å²) in [5.41, 5.74) is 0. The van der Waals surface area contributed by atoms with Crippen LogP contribution in [0.5, 0.6) is 0 Å². The Balaban J connectivity index is 2.53. The molecule has 0 bridgehead atoms. The van der Waals surface area contributed by atoms with Crippen molar-refractivity contribution in [1.82, 2.24) is 0 Å². The van der Waals surface area contributed by atoms with Crippen molar-refractivity contribution >= 4 is 29.4 Å². The Hall–Kier alpha value is 0.725. The molecule has 0 aliphatic rings. The monoisotopic (exact) mass is 148 g/mol. The molecule has 0 aliphatic carbocycles. The van der Waals surface area contributed by atoms with Gasteiger partial charge in [0.05, 0.1) is 14.5 Å². The average Bonchev–Trinajstić information content (AvgIpc) is 1.81. The third-order valence-corrected chi connectivity index (χ3v) is 2.88. The zero-order valence-corrected chi connectivity index (χ0v) is 6.30. The molecule has 0 spiro atoms. The van der Waals surface area contributed by atoms with E-state index in [1.165, 1.54) is 0 Å². The number of aliphatic hydroxyl groups is 1. The maximum Gasteiger partial charge on any atom is 0.0664 e. The largest absolute Gasteiger partial charge is 0.395 e. The minimum atomic E-state index is 0.266. The second kappa shape index (κ2) is 7.72. The van der Waals surface area contributed by atoms with Crippen molar-refractivity contribution in [3.63, 3.8) is 0 Å². The fourth-order valence-electron chi connectivity index (χ4n) is 0.203. The first-order chi connectivity index (χ1) is 3.91. The SMILES string of the molecule is [B]CCSSCCO. The van der Waals surface area contributed by atoms with Crippen LogP contribution in [0.3, 0.4) is 0 Å². The molecule has 0 saturated heterocycles. The van der Waals surface area contributed by atoms with E-state index in [2.05, 4.69) is 0 Å². The fourth-order valence-corrected chi connectivity index (χ4v) is 1.83. The predicted molar refractivity (Wildman–Crippen MR) is 42.6 cm³/mol. The lowest BCUT2D eigenvalue weighted by atomic mass is 10.1. The quantitative estimate of drug-likeness (QED) is 0.356. The molecule has 4 heteroatoms. The summed E-state index contributed by atoms with van der Waals surface area (Å²) < 4.78 is 0. The second-order valence-corrected chi connectivity index (χ2v) is 3.86. The average molecular weight is 148 g/mol. The Bertz CT molecular complexity index is 39.0. The van der Waals surface area contributed by atoms with Gasteiger partial charge in [-0.1, -0.05) is 27.9 Å². The van der Waals surface area contributed by atoms with E-state index >= 15 is 0 Å². The van der Waals surface area contributed by atoms with Gasteiger partial charge >= 0.3 is 0 Å². The van der Waals surface area contributed by atoms with E-state index in [0.717, 1.165) is 17.8 Å². The van der Waals surface area contributed by atoms with Gasteiger partial charge in [-0.2, -0.15) is 0 Å². The summed E-state index contributed by atoms with van der Waals surface area (Å²) in [5.74, 6) is 1.79. The van der Waals surface area contributed by atoms with Crippen molar-refractivity contribution < 1.29 is 5.11 Å². The molecule has 46 valence electrons. The van der Waals surface area contributed by atoms with E-state index in [1.807, 2.05) is 0 Å². The Labute approximate surface area is 59.4 Å². The van der Waals surface area contributed by atoms with E-state index in [4.69, 9.17) is 13.0 Å². The summed E-state index contributed by atoms with van der Waals surface area (Å²) >= 11 is 0. The van der Waals surface area contributed by atoms with Crippen LogP contribution in [0.15, 0.2) is 0 Å². The Morgan fingerprint density at radius 3 is 2.38 bits per heavy atom. The van der Waals surface area contributed by atoms with E-state index in [1.54, 1.807) is 21.6 Å². The van der Waals surface area contributed by atoms with Gasteiger partial charge in [-0.3, -0.25) is 0 Å². The van der Waals surface area contributed by atoms with Gasteiger partial charge in [0, 0.05) is 5.75 Å². The van der Waals surface area contributed by atoms with Gasteiger partial charge in [0.1, 0.15) is 0 Å². The van der Waals surface area contributed by atoms with Crippen LogP contribution in [0, 0.1) is 0 Å². The van der Waals surface area contributed by atoms with Gasteiger partial charge in [-0.05, 0) is 5.75 Å². The molecule has 2 radical (unpaired) electrons. The summed E-state index contributed by atoms with van der Waals surface area (Å²) in [6.07, 6.45) is 0.725. The number of hydrogen-bond donors (Lipinski definition) is 1. The van der Waals surface area contributed by atoms with Gasteiger partial charge < -0.3 is 5.11 Å². The first-order valence-electron chi connectivity index (χ1n) is 2.47. The summed E-state index contributed by atoms with van der Waals surface area (Å²) in [7, 11) is 8.59. The standard InChI is InChI=1S/C4H9BOS2/c5-1-3-7-8-4-2-6/h6H,1-4H2. The van der Waals surface area contributed by atoms with Crippen molar-refractivity contribution in [1.29, 1.82) is 0 Å². The molecule has 0 fully saturated rings. The maximum absolute atomic E-state index is 8.30. The highest BCUT2D eigenvalue weighted by molar-refractivity contribution is 8.76. The highest BCUT2D eigenvalue weighted by Gasteiger charge is 1.84. The third-order valence-electron chi connectivity index (χ3n) is 0.459. The Kier molecular flexibility index (Phi) is 8.42. The first kappa shape index (κ1) is 8.72. The van der Waals surface area contributed by atoms with Crippen LogP contribution >= 0.6 is 21.6 Å². The summed E-state index contributed by atoms with van der Waals surface area (Å²) in [6, 6.07) is 0. The van der Waals surface area contributed by atoms with Crippen LogP contribution in [0.25, 0.3) is 0 Å². The van der Waals surface area contributed by atoms with Crippen molar-refractivity contribution in [3.8, 4) is 0 Å². The molecule has 0 unspecified atom stereocenters. The van der Waals surface area contributed by atoms with Crippen molar-refractivity contribution in [2.24, 2.45) is 0 Å². The van der Waals surface area contributed by atoms with Crippen molar-refractivity contribution in [2.75, 3.05) is 18.1 Å². The molecular formula is C4H9BOS2. The lowest BCUT2D eigenvalue weighted by Crippen LogP contribution is -1.82. The minimum Gasteiger partial charge on any atom is -0.395 e. The predicted octanol–water partition coefficient (Wildman–Crippen LogP) is 0.947. The number of hydrogen-bond acceptors (Lipinski definition) is 3. The van der Waals surface area contributed by atoms with E-state index in [9.17, 15) is 0 Å². The van der Waals surface area contributed by atoms with E-state index in [0.29, 0.717) is 0 Å². The van der Waals surface area contributed by atoms with Crippen LogP contribution in [0.4, 0.5) is 0 Å². The number of rotatable bonds is 5. The molecule has 8 heavy (non-hydrogen) atoms. The molecule has 0 aromatic rings. The lowest BCUT2D eigenvalue weighted by Gasteiger charge is -1.93. The molecule has 0 aromatic carbocycles. The molecule has 0 amide bonds. The van der Waals surface area contributed by atoms with Gasteiger partial charge in [-0.25, -0.2) is 0 Å². The van der Waals surface area contributed by atoms with E-state index in [-0.39, 0.29) is 6.61 Å². The van der Waals surface area contributed by atoms with E-state index < -0.39 is 0 Å². The highest BCUT2D eigenvalue weighted by atomic mass is 33.1. The first-order valence-corrected chi connectivity index (χ1v) is 4.96. The molecule has 1 nitrogen and oxygen atoms in total. The summed E-state index contributed by atoms with van der Waals surface area (Å²) in [5, 5.41) is 8.30. The fraction of sp³-hybridized carbons (Fsp3) is 1.00. The zero-order valence-electron chi connectivity index (χ0n) is 4.67. The summed E-state index contributed by atoms with van der Waals surface area (Å²) in [4.78, 5) is 0. The highest BCUT2D eigenvalue weighted by Crippen LogP contribution is 2.20. The van der Waals surface area contributed by atoms with Crippen LogP contribution in [0.1, 0.15) is 0 Å². The van der Waals surface area contributed by atoms with Gasteiger partial charge in [-0.15, -0.1) is 0 Å². The van der Waals surface area contributed by atoms with Crippen LogP contribution in [0.2, 0.25) is 6.32 Å². The lowest BCUT2D eigenvalue weighted by molar-refractivity contribution is 0.323. The molecule has 0 aliphatic heterocycles. The molecule has 1 N–H and O–H groups in total. The minimum absolute atomic E-state index is 0.266. The number of aliphatic hydroxyl groups excluding tert-OH is 1. The van der Waals surface area contributed by atoms with Crippen LogP contribution in [-0.4, -0.2) is 31.1 Å². The molecule has 0 aromatic heterocycles. The van der Waals surface area contributed by atoms with Crippen LogP contribution in [-0.2, 0) is 0 Å². The topological polar surface area (TPSA) is 20.2 Å². The molecule has 0 rings (SSSR count).